The van der Waals surface area contributed by atoms with Crippen molar-refractivity contribution in [1.82, 2.24) is 15.0 Å². The highest BCUT2D eigenvalue weighted by atomic mass is 19.1. The van der Waals surface area contributed by atoms with Gasteiger partial charge in [-0.3, -0.25) is 14.8 Å². The lowest BCUT2D eigenvalue weighted by Gasteiger charge is -2.29. The lowest BCUT2D eigenvalue weighted by molar-refractivity contribution is -0.142. The van der Waals surface area contributed by atoms with Gasteiger partial charge in [-0.15, -0.1) is 0 Å². The highest BCUT2D eigenvalue weighted by Gasteiger charge is 2.41. The molecule has 1 fully saturated rings. The standard InChI is InChI=1S/C27H27F2N3O4/c1-13(27(33)34)23(15-4-5-15)17-8-6-16-7-9-21(36-26(16)24(17)29)20-12-31-25(14(2)32-20)18-10-22(35-3)30-11-19(18)28/h6,8,10-13,15,21,23H,4-5,7,9H2,1-3H3,(H,33,34)/t13-,21?,23?/m0/s1. The number of nitrogens with zero attached hydrogens (tertiary/aromatic N) is 3. The average molecular weight is 496 g/mol. The van der Waals surface area contributed by atoms with Gasteiger partial charge >= 0.3 is 5.97 Å². The van der Waals surface area contributed by atoms with E-state index in [4.69, 9.17) is 9.47 Å². The summed E-state index contributed by atoms with van der Waals surface area (Å²) in [6, 6.07) is 5.02. The lowest BCUT2D eigenvalue weighted by atomic mass is 9.82. The first-order chi connectivity index (χ1) is 17.3. The number of pyridine rings is 1. The van der Waals surface area contributed by atoms with Crippen LogP contribution in [0.15, 0.2) is 30.6 Å². The van der Waals surface area contributed by atoms with Gasteiger partial charge in [-0.05, 0) is 49.7 Å². The average Bonchev–Trinajstić information content (AvgIpc) is 3.71. The number of rotatable bonds is 7. The minimum Gasteiger partial charge on any atom is -0.481 e. The van der Waals surface area contributed by atoms with Crippen LogP contribution in [-0.4, -0.2) is 33.1 Å². The van der Waals surface area contributed by atoms with Crippen LogP contribution in [0.2, 0.25) is 0 Å². The van der Waals surface area contributed by atoms with Crippen molar-refractivity contribution in [2.75, 3.05) is 7.11 Å². The van der Waals surface area contributed by atoms with Crippen molar-refractivity contribution in [1.29, 1.82) is 0 Å². The van der Waals surface area contributed by atoms with Crippen molar-refractivity contribution >= 4 is 5.97 Å². The highest BCUT2D eigenvalue weighted by Crippen LogP contribution is 2.49. The Balaban J connectivity index is 1.44. The second-order valence-electron chi connectivity index (χ2n) is 9.53. The Morgan fingerprint density at radius 2 is 1.97 bits per heavy atom. The molecule has 2 unspecified atom stereocenters. The van der Waals surface area contributed by atoms with Crippen LogP contribution in [0, 0.1) is 30.4 Å². The molecule has 7 nitrogen and oxygen atoms in total. The third-order valence-electron chi connectivity index (χ3n) is 7.15. The lowest BCUT2D eigenvalue weighted by Crippen LogP contribution is -2.23. The monoisotopic (exact) mass is 495 g/mol. The zero-order chi connectivity index (χ0) is 25.6. The minimum absolute atomic E-state index is 0.153. The van der Waals surface area contributed by atoms with Crippen molar-refractivity contribution < 1.29 is 28.2 Å². The third kappa shape index (κ3) is 4.38. The first-order valence-electron chi connectivity index (χ1n) is 12.0. The summed E-state index contributed by atoms with van der Waals surface area (Å²) >= 11 is 0. The second-order valence-corrected chi connectivity index (χ2v) is 9.53. The maximum Gasteiger partial charge on any atom is 0.306 e. The van der Waals surface area contributed by atoms with Crippen molar-refractivity contribution in [2.45, 2.75) is 51.6 Å². The number of benzene rings is 1. The molecule has 2 aliphatic rings. The van der Waals surface area contributed by atoms with Crippen LogP contribution in [0.25, 0.3) is 11.3 Å². The molecule has 3 heterocycles. The molecule has 36 heavy (non-hydrogen) atoms. The van der Waals surface area contributed by atoms with Gasteiger partial charge in [0.25, 0.3) is 0 Å². The number of methoxy groups -OCH3 is 1. The molecule has 1 saturated carbocycles. The van der Waals surface area contributed by atoms with Gasteiger partial charge in [0, 0.05) is 17.5 Å². The van der Waals surface area contributed by atoms with Crippen LogP contribution in [-0.2, 0) is 11.2 Å². The van der Waals surface area contributed by atoms with Crippen LogP contribution in [0.1, 0.15) is 60.7 Å². The van der Waals surface area contributed by atoms with Gasteiger partial charge in [-0.2, -0.15) is 0 Å². The number of hydrogen-bond donors (Lipinski definition) is 1. The Bertz CT molecular complexity index is 1330. The molecule has 0 radical (unpaired) electrons. The Morgan fingerprint density at radius 3 is 2.64 bits per heavy atom. The first-order valence-corrected chi connectivity index (χ1v) is 12.0. The maximum absolute atomic E-state index is 15.8. The van der Waals surface area contributed by atoms with Gasteiger partial charge in [0.2, 0.25) is 5.88 Å². The van der Waals surface area contributed by atoms with E-state index in [9.17, 15) is 14.3 Å². The normalized spacial score (nSPS) is 18.6. The minimum atomic E-state index is -0.933. The van der Waals surface area contributed by atoms with Crippen LogP contribution < -0.4 is 9.47 Å². The van der Waals surface area contributed by atoms with E-state index in [1.807, 2.05) is 6.07 Å². The van der Waals surface area contributed by atoms with Gasteiger partial charge in [-0.25, -0.2) is 13.8 Å². The first kappa shape index (κ1) is 24.1. The van der Waals surface area contributed by atoms with E-state index in [-0.39, 0.29) is 23.1 Å². The Hall–Kier alpha value is -3.62. The summed E-state index contributed by atoms with van der Waals surface area (Å²) in [5, 5.41) is 9.58. The number of hydrogen-bond acceptors (Lipinski definition) is 6. The van der Waals surface area contributed by atoms with Crippen LogP contribution in [0.3, 0.4) is 0 Å². The molecule has 2 aromatic heterocycles. The molecule has 3 atom stereocenters. The topological polar surface area (TPSA) is 94.4 Å². The molecule has 0 spiro atoms. The summed E-state index contributed by atoms with van der Waals surface area (Å²) in [4.78, 5) is 24.6. The number of fused-ring (bicyclic) bond motifs is 1. The molecule has 0 saturated heterocycles. The summed E-state index contributed by atoms with van der Waals surface area (Å²) in [7, 11) is 1.45. The van der Waals surface area contributed by atoms with E-state index < -0.39 is 35.5 Å². The van der Waals surface area contributed by atoms with Gasteiger partial charge in [0.1, 0.15) is 6.10 Å². The third-order valence-corrected chi connectivity index (χ3v) is 7.15. The molecule has 0 amide bonds. The molecule has 3 aromatic rings. The van der Waals surface area contributed by atoms with E-state index in [0.29, 0.717) is 35.5 Å². The SMILES string of the molecule is COc1cc(-c2ncc(C3CCc4ccc(C(C5CC5)[C@H](C)C(=O)O)c(F)c4O3)nc2C)c(F)cn1. The quantitative estimate of drug-likeness (QED) is 0.468. The molecule has 188 valence electrons. The molecular weight excluding hydrogens is 468 g/mol. The van der Waals surface area contributed by atoms with Gasteiger partial charge in [0.05, 0.1) is 42.5 Å². The summed E-state index contributed by atoms with van der Waals surface area (Å²) in [6.07, 6.45) is 5.01. The Kier molecular flexibility index (Phi) is 6.32. The predicted molar refractivity (Wildman–Crippen MR) is 127 cm³/mol. The number of carboxylic acid groups (broad SMARTS) is 1. The molecule has 9 heteroatoms. The fourth-order valence-electron chi connectivity index (χ4n) is 5.06. The number of aryl methyl sites for hydroxylation is 2. The molecule has 1 N–H and O–H groups in total. The van der Waals surface area contributed by atoms with Crippen LogP contribution >= 0.6 is 0 Å². The maximum atomic E-state index is 15.8. The zero-order valence-corrected chi connectivity index (χ0v) is 20.3. The number of aromatic nitrogens is 3. The fraction of sp³-hybridized carbons (Fsp3) is 0.407. The summed E-state index contributed by atoms with van der Waals surface area (Å²) < 4.78 is 41.4. The number of carboxylic acids is 1. The molecular formula is C27H27F2N3O4. The van der Waals surface area contributed by atoms with Gasteiger partial charge < -0.3 is 14.6 Å². The predicted octanol–water partition coefficient (Wildman–Crippen LogP) is 5.41. The van der Waals surface area contributed by atoms with Gasteiger partial charge in [-0.1, -0.05) is 19.1 Å². The fourth-order valence-corrected chi connectivity index (χ4v) is 5.06. The van der Waals surface area contributed by atoms with Gasteiger partial charge in [0.15, 0.2) is 17.4 Å². The molecule has 1 aliphatic heterocycles. The zero-order valence-electron chi connectivity index (χ0n) is 20.3. The van der Waals surface area contributed by atoms with Crippen molar-refractivity contribution in [2.24, 2.45) is 11.8 Å². The van der Waals surface area contributed by atoms with Crippen molar-refractivity contribution in [3.8, 4) is 22.9 Å². The van der Waals surface area contributed by atoms with E-state index in [2.05, 4.69) is 15.0 Å². The summed E-state index contributed by atoms with van der Waals surface area (Å²) in [5.41, 5.74) is 2.74. The van der Waals surface area contributed by atoms with Crippen molar-refractivity contribution in [3.63, 3.8) is 0 Å². The second kappa shape index (κ2) is 9.44. The largest absolute Gasteiger partial charge is 0.481 e. The van der Waals surface area contributed by atoms with Crippen LogP contribution in [0.4, 0.5) is 8.78 Å². The molecule has 0 bridgehead atoms. The van der Waals surface area contributed by atoms with Crippen molar-refractivity contribution in [3.05, 3.63) is 64.7 Å². The summed E-state index contributed by atoms with van der Waals surface area (Å²) in [5.74, 6) is -2.48. The van der Waals surface area contributed by atoms with E-state index in [1.54, 1.807) is 19.9 Å². The number of halogens is 2. The number of aliphatic carboxylic acids is 1. The Labute approximate surface area is 207 Å². The van der Waals surface area contributed by atoms with E-state index >= 15 is 4.39 Å². The molecule has 1 aromatic carbocycles. The highest BCUT2D eigenvalue weighted by molar-refractivity contribution is 5.71. The number of ether oxygens (including phenoxy) is 2. The van der Waals surface area contributed by atoms with Crippen LogP contribution in [0.5, 0.6) is 11.6 Å². The summed E-state index contributed by atoms with van der Waals surface area (Å²) in [6.45, 7) is 3.36. The van der Waals surface area contributed by atoms with E-state index in [0.717, 1.165) is 24.6 Å². The Morgan fingerprint density at radius 1 is 1.19 bits per heavy atom. The van der Waals surface area contributed by atoms with E-state index in [1.165, 1.54) is 19.4 Å². The molecule has 5 rings (SSSR count). The number of carbonyl (C=O) groups is 1. The molecule has 1 aliphatic carbocycles. The smallest absolute Gasteiger partial charge is 0.306 e.